The van der Waals surface area contributed by atoms with Crippen LogP contribution < -0.4 is 10.1 Å². The van der Waals surface area contributed by atoms with Gasteiger partial charge in [-0.2, -0.15) is 5.10 Å². The van der Waals surface area contributed by atoms with E-state index >= 15 is 0 Å². The van der Waals surface area contributed by atoms with Crippen molar-refractivity contribution in [1.29, 1.82) is 0 Å². The topological polar surface area (TPSA) is 102 Å². The third kappa shape index (κ3) is 4.11. The van der Waals surface area contributed by atoms with Gasteiger partial charge in [-0.25, -0.2) is 0 Å². The number of carbonyl (C=O) groups excluding carboxylic acids is 1. The third-order valence-electron chi connectivity index (χ3n) is 4.33. The van der Waals surface area contributed by atoms with Crippen molar-refractivity contribution >= 4 is 11.6 Å². The molecule has 3 aromatic rings. The normalized spacial score (nSPS) is 10.8. The Morgan fingerprint density at radius 2 is 2.11 bits per heavy atom. The van der Waals surface area contributed by atoms with Gasteiger partial charge in [0.25, 0.3) is 0 Å². The molecule has 1 aromatic carbocycles. The van der Waals surface area contributed by atoms with Gasteiger partial charge in [-0.15, -0.1) is 0 Å². The van der Waals surface area contributed by atoms with Crippen LogP contribution in [0.1, 0.15) is 28.1 Å². The molecular formula is C19H22N4O4. The van der Waals surface area contributed by atoms with Crippen LogP contribution in [0.3, 0.4) is 0 Å². The highest BCUT2D eigenvalue weighted by Crippen LogP contribution is 2.31. The van der Waals surface area contributed by atoms with Crippen molar-refractivity contribution in [2.24, 2.45) is 0 Å². The molecule has 0 bridgehead atoms. The molecule has 27 heavy (non-hydrogen) atoms. The summed E-state index contributed by atoms with van der Waals surface area (Å²) < 4.78 is 12.0. The van der Waals surface area contributed by atoms with Crippen molar-refractivity contribution in [3.63, 3.8) is 0 Å². The van der Waals surface area contributed by atoms with Gasteiger partial charge in [-0.05, 0) is 38.0 Å². The highest BCUT2D eigenvalue weighted by molar-refractivity contribution is 5.92. The number of amides is 1. The number of phenols is 1. The summed E-state index contributed by atoms with van der Waals surface area (Å²) in [6.45, 7) is 6.02. The van der Waals surface area contributed by atoms with Crippen LogP contribution in [-0.4, -0.2) is 33.1 Å². The van der Waals surface area contributed by atoms with E-state index in [0.717, 1.165) is 22.6 Å². The highest BCUT2D eigenvalue weighted by atomic mass is 16.5. The lowest BCUT2D eigenvalue weighted by molar-refractivity contribution is -0.115. The Morgan fingerprint density at radius 1 is 1.33 bits per heavy atom. The number of carbonyl (C=O) groups is 1. The number of phenolic OH excluding ortho intramolecular Hbond substituents is 1. The van der Waals surface area contributed by atoms with Crippen molar-refractivity contribution in [2.45, 2.75) is 33.7 Å². The van der Waals surface area contributed by atoms with E-state index in [0.29, 0.717) is 23.5 Å². The zero-order valence-corrected chi connectivity index (χ0v) is 15.7. The number of nitrogens with zero attached hydrogens (tertiary/aromatic N) is 3. The maximum absolute atomic E-state index is 12.3. The van der Waals surface area contributed by atoms with Gasteiger partial charge < -0.3 is 19.7 Å². The zero-order chi connectivity index (χ0) is 19.6. The van der Waals surface area contributed by atoms with Gasteiger partial charge in [-0.1, -0.05) is 11.2 Å². The first-order valence-electron chi connectivity index (χ1n) is 8.48. The molecule has 0 aliphatic rings. The first-order chi connectivity index (χ1) is 12.9. The second kappa shape index (κ2) is 7.53. The maximum atomic E-state index is 12.3. The number of rotatable bonds is 6. The summed E-state index contributed by atoms with van der Waals surface area (Å²) in [7, 11) is 1.48. The fourth-order valence-corrected chi connectivity index (χ4v) is 2.87. The van der Waals surface area contributed by atoms with Crippen LogP contribution in [0.25, 0.3) is 0 Å². The number of ether oxygens (including phenoxy) is 1. The number of aryl methyl sites for hydroxylation is 3. The Balaban J connectivity index is 1.65. The molecule has 0 aliphatic heterocycles. The number of nitrogens with one attached hydrogen (secondary N) is 1. The van der Waals surface area contributed by atoms with Crippen LogP contribution in [0.4, 0.5) is 5.69 Å². The lowest BCUT2D eigenvalue weighted by Gasteiger charge is -2.09. The average molecular weight is 370 g/mol. The van der Waals surface area contributed by atoms with Crippen molar-refractivity contribution in [1.82, 2.24) is 14.9 Å². The molecule has 0 spiro atoms. The lowest BCUT2D eigenvalue weighted by Crippen LogP contribution is -2.14. The van der Waals surface area contributed by atoms with Gasteiger partial charge in [-0.3, -0.25) is 9.48 Å². The first-order valence-corrected chi connectivity index (χ1v) is 8.48. The maximum Gasteiger partial charge on any atom is 0.228 e. The van der Waals surface area contributed by atoms with Crippen molar-refractivity contribution in [3.05, 3.63) is 52.7 Å². The second-order valence-electron chi connectivity index (χ2n) is 6.42. The number of aromatic hydroxyl groups is 1. The van der Waals surface area contributed by atoms with Crippen LogP contribution in [-0.2, 0) is 17.8 Å². The number of hydrogen-bond donors (Lipinski definition) is 2. The fraction of sp³-hybridized carbons (Fsp3) is 0.316. The predicted molar refractivity (Wildman–Crippen MR) is 99.0 cm³/mol. The van der Waals surface area contributed by atoms with Gasteiger partial charge in [0, 0.05) is 11.8 Å². The van der Waals surface area contributed by atoms with Crippen LogP contribution in [0, 0.1) is 20.8 Å². The molecule has 0 unspecified atom stereocenters. The van der Waals surface area contributed by atoms with Gasteiger partial charge >= 0.3 is 0 Å². The number of hydrogen-bond acceptors (Lipinski definition) is 6. The summed E-state index contributed by atoms with van der Waals surface area (Å²) in [6.07, 6.45) is 3.51. The standard InChI is InChI=1S/C19H22N4O4/c1-11-5-14(6-17(26-4)19(11)25)7-18(24)21-15-8-20-23(9-15)10-16-12(2)22-27-13(16)3/h5-6,8-9,25H,7,10H2,1-4H3,(H,21,24). The minimum absolute atomic E-state index is 0.0854. The summed E-state index contributed by atoms with van der Waals surface area (Å²) in [6, 6.07) is 3.42. The summed E-state index contributed by atoms with van der Waals surface area (Å²) in [4.78, 5) is 12.3. The molecule has 0 saturated carbocycles. The highest BCUT2D eigenvalue weighted by Gasteiger charge is 2.13. The molecular weight excluding hydrogens is 348 g/mol. The number of methoxy groups -OCH3 is 1. The van der Waals surface area contributed by atoms with E-state index in [4.69, 9.17) is 9.26 Å². The molecule has 0 radical (unpaired) electrons. The zero-order valence-electron chi connectivity index (χ0n) is 15.7. The van der Waals surface area contributed by atoms with Gasteiger partial charge in [0.15, 0.2) is 11.5 Å². The summed E-state index contributed by atoms with van der Waals surface area (Å²) in [5, 5.41) is 20.9. The molecule has 8 heteroatoms. The lowest BCUT2D eigenvalue weighted by atomic mass is 10.1. The van der Waals surface area contributed by atoms with Crippen LogP contribution in [0.2, 0.25) is 0 Å². The summed E-state index contributed by atoms with van der Waals surface area (Å²) in [5.41, 5.74) is 3.81. The van der Waals surface area contributed by atoms with Crippen molar-refractivity contribution in [3.8, 4) is 11.5 Å². The van der Waals surface area contributed by atoms with Gasteiger partial charge in [0.2, 0.25) is 5.91 Å². The monoisotopic (exact) mass is 370 g/mol. The number of benzene rings is 1. The fourth-order valence-electron chi connectivity index (χ4n) is 2.87. The number of anilines is 1. The van der Waals surface area contributed by atoms with E-state index in [1.165, 1.54) is 7.11 Å². The van der Waals surface area contributed by atoms with E-state index in [-0.39, 0.29) is 18.1 Å². The van der Waals surface area contributed by atoms with E-state index in [9.17, 15) is 9.90 Å². The molecule has 142 valence electrons. The molecule has 1 amide bonds. The molecule has 2 heterocycles. The van der Waals surface area contributed by atoms with E-state index in [2.05, 4.69) is 15.6 Å². The molecule has 0 fully saturated rings. The SMILES string of the molecule is COc1cc(CC(=O)Nc2cnn(Cc3c(C)noc3C)c2)cc(C)c1O. The Bertz CT molecular complexity index is 955. The van der Waals surface area contributed by atoms with Crippen molar-refractivity contribution < 1.29 is 19.2 Å². The first kappa shape index (κ1) is 18.5. The number of aromatic nitrogens is 3. The smallest absolute Gasteiger partial charge is 0.228 e. The molecule has 8 nitrogen and oxygen atoms in total. The van der Waals surface area contributed by atoms with Crippen LogP contribution in [0.5, 0.6) is 11.5 Å². The average Bonchev–Trinajstić information content (AvgIpc) is 3.19. The minimum Gasteiger partial charge on any atom is -0.504 e. The van der Waals surface area contributed by atoms with E-state index in [1.807, 2.05) is 13.8 Å². The molecule has 0 atom stereocenters. The van der Waals surface area contributed by atoms with E-state index in [1.54, 1.807) is 36.1 Å². The Kier molecular flexibility index (Phi) is 5.16. The quantitative estimate of drug-likeness (QED) is 0.692. The molecule has 3 rings (SSSR count). The van der Waals surface area contributed by atoms with E-state index < -0.39 is 0 Å². The Labute approximate surface area is 156 Å². The Hall–Kier alpha value is -3.29. The van der Waals surface area contributed by atoms with Crippen LogP contribution in [0.15, 0.2) is 29.0 Å². The van der Waals surface area contributed by atoms with Gasteiger partial charge in [0.05, 0.1) is 37.7 Å². The minimum atomic E-state index is -0.181. The molecule has 2 N–H and O–H groups in total. The molecule has 0 saturated heterocycles. The van der Waals surface area contributed by atoms with Crippen LogP contribution >= 0.6 is 0 Å². The predicted octanol–water partition coefficient (Wildman–Crippen LogP) is 2.74. The summed E-state index contributed by atoms with van der Waals surface area (Å²) in [5.74, 6) is 1.01. The Morgan fingerprint density at radius 3 is 2.78 bits per heavy atom. The van der Waals surface area contributed by atoms with Gasteiger partial charge in [0.1, 0.15) is 5.76 Å². The molecule has 2 aromatic heterocycles. The second-order valence-corrected chi connectivity index (χ2v) is 6.42. The van der Waals surface area contributed by atoms with Crippen molar-refractivity contribution in [2.75, 3.05) is 12.4 Å². The molecule has 0 aliphatic carbocycles. The largest absolute Gasteiger partial charge is 0.504 e. The third-order valence-corrected chi connectivity index (χ3v) is 4.33. The summed E-state index contributed by atoms with van der Waals surface area (Å²) >= 11 is 0.